The minimum atomic E-state index is -1.19. The van der Waals surface area contributed by atoms with Gasteiger partial charge >= 0.3 is 0 Å². The van der Waals surface area contributed by atoms with Crippen LogP contribution in [0.4, 0.5) is 5.69 Å². The van der Waals surface area contributed by atoms with E-state index in [0.29, 0.717) is 5.04 Å². The van der Waals surface area contributed by atoms with Gasteiger partial charge in [-0.15, -0.1) is 5.70 Å². The Kier molecular flexibility index (Phi) is 7.14. The van der Waals surface area contributed by atoms with E-state index < -0.39 is 15.9 Å². The number of hydrogen-bond donors (Lipinski definition) is 1. The van der Waals surface area contributed by atoms with Crippen molar-refractivity contribution in [1.29, 1.82) is 0 Å². The van der Waals surface area contributed by atoms with E-state index in [9.17, 15) is 0 Å². The summed E-state index contributed by atoms with van der Waals surface area (Å²) in [4.78, 5) is 0. The minimum absolute atomic E-state index is 0.503. The van der Waals surface area contributed by atoms with Crippen LogP contribution in [0, 0.1) is 0 Å². The second-order valence-corrected chi connectivity index (χ2v) is 21.9. The van der Waals surface area contributed by atoms with Gasteiger partial charge in [0.1, 0.15) is 0 Å². The molecule has 0 radical (unpaired) electrons. The molecule has 0 aliphatic rings. The maximum absolute atomic E-state index is 3.56. The van der Waals surface area contributed by atoms with Gasteiger partial charge in [0.05, 0.1) is 8.31 Å². The Balaban J connectivity index is 2.62. The molecule has 0 heterocycles. The Labute approximate surface area is 140 Å². The lowest BCUT2D eigenvalue weighted by molar-refractivity contribution is 0.733. The van der Waals surface area contributed by atoms with Gasteiger partial charge in [-0.2, -0.15) is 0 Å². The predicted octanol–water partition coefficient (Wildman–Crippen LogP) is 5.81. The largest absolute Gasteiger partial charge is 0.385 e. The van der Waals surface area contributed by atoms with E-state index in [-0.39, 0.29) is 0 Å². The molecule has 1 unspecified atom stereocenters. The number of benzene rings is 1. The molecule has 0 aromatic heterocycles. The van der Waals surface area contributed by atoms with Crippen molar-refractivity contribution in [1.82, 2.24) is 0 Å². The normalized spacial score (nSPS) is 13.6. The number of rotatable bonds is 7. The summed E-state index contributed by atoms with van der Waals surface area (Å²) in [5, 5.41) is 4.06. The smallest absolute Gasteiger partial charge is 0.0560 e. The average Bonchev–Trinajstić information content (AvgIpc) is 2.41. The highest BCUT2D eigenvalue weighted by atomic mass is 29.2. The van der Waals surface area contributed by atoms with Crippen LogP contribution in [-0.4, -0.2) is 22.5 Å². The van der Waals surface area contributed by atoms with Crippen molar-refractivity contribution < 1.29 is 0 Å². The van der Waals surface area contributed by atoms with E-state index in [2.05, 4.69) is 89.1 Å². The molecule has 0 spiro atoms. The Bertz CT molecular complexity index is 468. The number of anilines is 1. The van der Waals surface area contributed by atoms with E-state index >= 15 is 0 Å². The van der Waals surface area contributed by atoms with Gasteiger partial charge < -0.3 is 5.32 Å². The highest BCUT2D eigenvalue weighted by molar-refractivity contribution is 7.35. The Morgan fingerprint density at radius 1 is 1.14 bits per heavy atom. The molecule has 1 aromatic rings. The zero-order valence-electron chi connectivity index (χ0n) is 15.7. The van der Waals surface area contributed by atoms with Crippen molar-refractivity contribution in [3.63, 3.8) is 0 Å². The van der Waals surface area contributed by atoms with E-state index in [4.69, 9.17) is 0 Å². The second kappa shape index (κ2) is 8.16. The third-order valence-electron chi connectivity index (χ3n) is 5.19. The summed E-state index contributed by atoms with van der Waals surface area (Å²) < 4.78 is 0. The molecule has 1 atom stereocenters. The number of nitrogens with one attached hydrogen (secondary N) is 1. The van der Waals surface area contributed by atoms with Crippen molar-refractivity contribution >= 4 is 21.6 Å². The molecule has 0 amide bonds. The number of para-hydroxylation sites is 1. The molecular weight excluding hydrogens is 298 g/mol. The summed E-state index contributed by atoms with van der Waals surface area (Å²) in [6, 6.07) is 12.0. The minimum Gasteiger partial charge on any atom is -0.385 e. The molecular formula is C19H35NSi2. The first-order chi connectivity index (χ1) is 10.1. The van der Waals surface area contributed by atoms with Gasteiger partial charge in [-0.1, -0.05) is 63.7 Å². The van der Waals surface area contributed by atoms with Gasteiger partial charge in [0.25, 0.3) is 0 Å². The fourth-order valence-electron chi connectivity index (χ4n) is 2.72. The maximum atomic E-state index is 3.56. The second-order valence-electron chi connectivity index (χ2n) is 8.26. The molecule has 0 saturated carbocycles. The van der Waals surface area contributed by atoms with Gasteiger partial charge in [-0.05, 0) is 37.4 Å². The molecule has 1 rings (SSSR count). The molecule has 0 aliphatic carbocycles. The molecule has 1 aromatic carbocycles. The maximum Gasteiger partial charge on any atom is 0.0560 e. The van der Waals surface area contributed by atoms with Crippen LogP contribution < -0.4 is 5.32 Å². The van der Waals surface area contributed by atoms with Crippen molar-refractivity contribution in [2.24, 2.45) is 0 Å². The van der Waals surface area contributed by atoms with Crippen LogP contribution in [0.3, 0.4) is 0 Å². The first-order valence-electron chi connectivity index (χ1n) is 8.58. The number of hydrogen-bond acceptors (Lipinski definition) is 1. The zero-order chi connectivity index (χ0) is 16.8. The van der Waals surface area contributed by atoms with E-state index in [0.717, 1.165) is 6.54 Å². The molecule has 1 nitrogen and oxygen atoms in total. The van der Waals surface area contributed by atoms with Crippen LogP contribution in [0.2, 0.25) is 24.2 Å². The standard InChI is InChI=1S/C19H35NSi2/c1-17(2)16-21(22(6,7)19(3,4)5)15-11-14-20-18-12-9-8-10-13-18/h8-10,12-13,16,20-21H,11,14-15H2,1-7H3. The highest BCUT2D eigenvalue weighted by Gasteiger charge is 2.41. The first kappa shape index (κ1) is 19.2. The molecule has 0 aliphatic heterocycles. The van der Waals surface area contributed by atoms with Crippen LogP contribution in [0.1, 0.15) is 41.0 Å². The van der Waals surface area contributed by atoms with E-state index in [1.165, 1.54) is 23.7 Å². The topological polar surface area (TPSA) is 12.0 Å². The SMILES string of the molecule is CC(C)=C[SiH](CCCNc1ccccc1)[Si](C)(C)C(C)(C)C. The molecule has 124 valence electrons. The quantitative estimate of drug-likeness (QED) is 0.490. The summed E-state index contributed by atoms with van der Waals surface area (Å²) >= 11 is 0. The summed E-state index contributed by atoms with van der Waals surface area (Å²) in [7, 11) is -2.01. The van der Waals surface area contributed by atoms with Gasteiger partial charge in [-0.3, -0.25) is 0 Å². The van der Waals surface area contributed by atoms with Crippen LogP contribution >= 0.6 is 0 Å². The fraction of sp³-hybridized carbons (Fsp3) is 0.579. The average molecular weight is 334 g/mol. The van der Waals surface area contributed by atoms with Crippen molar-refractivity contribution in [3.05, 3.63) is 41.6 Å². The van der Waals surface area contributed by atoms with Crippen LogP contribution in [0.25, 0.3) is 0 Å². The molecule has 0 saturated heterocycles. The van der Waals surface area contributed by atoms with Crippen LogP contribution in [0.15, 0.2) is 41.6 Å². The van der Waals surface area contributed by atoms with Crippen LogP contribution in [0.5, 0.6) is 0 Å². The monoisotopic (exact) mass is 333 g/mol. The summed E-state index contributed by atoms with van der Waals surface area (Å²) in [5.74, 6) is 0. The summed E-state index contributed by atoms with van der Waals surface area (Å²) in [6.07, 6.45) is 1.29. The highest BCUT2D eigenvalue weighted by Crippen LogP contribution is 2.39. The molecule has 0 fully saturated rings. The van der Waals surface area contributed by atoms with Gasteiger partial charge in [0.2, 0.25) is 0 Å². The fourth-order valence-corrected chi connectivity index (χ4v) is 15.0. The predicted molar refractivity (Wildman–Crippen MR) is 108 cm³/mol. The molecule has 22 heavy (non-hydrogen) atoms. The Morgan fingerprint density at radius 3 is 2.23 bits per heavy atom. The zero-order valence-corrected chi connectivity index (χ0v) is 17.8. The lowest BCUT2D eigenvalue weighted by Crippen LogP contribution is -2.52. The van der Waals surface area contributed by atoms with E-state index in [1.54, 1.807) is 0 Å². The summed E-state index contributed by atoms with van der Waals surface area (Å²) in [6.45, 7) is 18.3. The van der Waals surface area contributed by atoms with Crippen molar-refractivity contribution in [2.45, 2.75) is 65.2 Å². The molecule has 0 bridgehead atoms. The van der Waals surface area contributed by atoms with Crippen molar-refractivity contribution in [3.8, 4) is 0 Å². The third-order valence-corrected chi connectivity index (χ3v) is 22.5. The summed E-state index contributed by atoms with van der Waals surface area (Å²) in [5.41, 5.74) is 5.45. The van der Waals surface area contributed by atoms with Gasteiger partial charge in [0, 0.05) is 19.8 Å². The van der Waals surface area contributed by atoms with Gasteiger partial charge in [0.15, 0.2) is 0 Å². The first-order valence-corrected chi connectivity index (χ1v) is 14.9. The van der Waals surface area contributed by atoms with Crippen molar-refractivity contribution in [2.75, 3.05) is 11.9 Å². The number of allylic oxidation sites excluding steroid dienone is 1. The lowest BCUT2D eigenvalue weighted by atomic mass is 10.2. The van der Waals surface area contributed by atoms with Gasteiger partial charge in [-0.25, -0.2) is 0 Å². The van der Waals surface area contributed by atoms with Crippen LogP contribution in [-0.2, 0) is 0 Å². The van der Waals surface area contributed by atoms with E-state index in [1.807, 2.05) is 0 Å². The Morgan fingerprint density at radius 2 is 1.73 bits per heavy atom. The Hall–Kier alpha value is -0.806. The lowest BCUT2D eigenvalue weighted by Gasteiger charge is -2.42. The molecule has 3 heteroatoms. The third kappa shape index (κ3) is 5.77. The molecule has 1 N–H and O–H groups in total.